The SMILES string of the molecule is CC(=O)N[C@@H](CO)C(=O)OC1O[C@H](CO)[C@H](O)[C@H](O)[C@H]1N. The van der Waals surface area contributed by atoms with E-state index in [1.165, 1.54) is 0 Å². The smallest absolute Gasteiger partial charge is 0.333 e. The van der Waals surface area contributed by atoms with Gasteiger partial charge in [-0.1, -0.05) is 0 Å². The van der Waals surface area contributed by atoms with Crippen molar-refractivity contribution in [3.63, 3.8) is 0 Å². The maximum Gasteiger partial charge on any atom is 0.333 e. The number of nitrogens with one attached hydrogen (secondary N) is 1. The molecule has 0 aromatic rings. The van der Waals surface area contributed by atoms with Gasteiger partial charge in [0.15, 0.2) is 6.04 Å². The molecule has 1 unspecified atom stereocenters. The highest BCUT2D eigenvalue weighted by Gasteiger charge is 2.44. The Hall–Kier alpha value is -1.30. The molecule has 0 aliphatic carbocycles. The molecule has 0 bridgehead atoms. The number of aliphatic hydroxyl groups is 4. The largest absolute Gasteiger partial charge is 0.432 e. The van der Waals surface area contributed by atoms with E-state index in [1.54, 1.807) is 0 Å². The number of esters is 1. The second-order valence-corrected chi connectivity index (χ2v) is 4.66. The summed E-state index contributed by atoms with van der Waals surface area (Å²) in [6.45, 7) is -0.163. The predicted octanol–water partition coefficient (Wildman–Crippen LogP) is -4.21. The minimum absolute atomic E-state index is 0.552. The summed E-state index contributed by atoms with van der Waals surface area (Å²) in [6, 6.07) is -2.56. The number of rotatable bonds is 5. The van der Waals surface area contributed by atoms with Gasteiger partial charge in [-0.15, -0.1) is 0 Å². The first kappa shape index (κ1) is 17.8. The third kappa shape index (κ3) is 4.33. The molecule has 0 saturated carbocycles. The molecule has 0 radical (unpaired) electrons. The van der Waals surface area contributed by atoms with E-state index in [9.17, 15) is 19.8 Å². The summed E-state index contributed by atoms with van der Waals surface area (Å²) in [5, 5.41) is 39.5. The van der Waals surface area contributed by atoms with Crippen molar-refractivity contribution in [3.05, 3.63) is 0 Å². The van der Waals surface area contributed by atoms with Crippen molar-refractivity contribution in [3.8, 4) is 0 Å². The highest BCUT2D eigenvalue weighted by Crippen LogP contribution is 2.21. The molecule has 10 nitrogen and oxygen atoms in total. The summed E-state index contributed by atoms with van der Waals surface area (Å²) >= 11 is 0. The molecule has 0 spiro atoms. The lowest BCUT2D eigenvalue weighted by Crippen LogP contribution is -2.63. The van der Waals surface area contributed by atoms with Crippen molar-refractivity contribution in [2.75, 3.05) is 13.2 Å². The number of hydrogen-bond donors (Lipinski definition) is 6. The highest BCUT2D eigenvalue weighted by molar-refractivity contribution is 5.83. The number of hydrogen-bond acceptors (Lipinski definition) is 9. The van der Waals surface area contributed by atoms with Crippen LogP contribution < -0.4 is 11.1 Å². The Bertz CT molecular complexity index is 377. The standard InChI is InChI=1S/C11H20N2O8/c1-4(16)13-5(2-14)10(19)21-11-7(12)9(18)8(17)6(3-15)20-11/h5-9,11,14-15,17-18H,2-3,12H2,1H3,(H,13,16)/t5-,6+,7+,8-,9+,11?/m0/s1. The lowest BCUT2D eigenvalue weighted by molar-refractivity contribution is -0.260. The predicted molar refractivity (Wildman–Crippen MR) is 66.5 cm³/mol. The normalized spacial score (nSPS) is 34.1. The summed E-state index contributed by atoms with van der Waals surface area (Å²) in [7, 11) is 0. The minimum Gasteiger partial charge on any atom is -0.432 e. The van der Waals surface area contributed by atoms with E-state index in [0.29, 0.717) is 0 Å². The summed E-state index contributed by atoms with van der Waals surface area (Å²) in [5.41, 5.74) is 5.58. The second-order valence-electron chi connectivity index (χ2n) is 4.66. The summed E-state index contributed by atoms with van der Waals surface area (Å²) < 4.78 is 9.94. The topological polar surface area (TPSA) is 172 Å². The van der Waals surface area contributed by atoms with Gasteiger partial charge < -0.3 is 41.0 Å². The number of carbonyl (C=O) groups is 2. The van der Waals surface area contributed by atoms with Crippen LogP contribution >= 0.6 is 0 Å². The lowest BCUT2D eigenvalue weighted by Gasteiger charge is -2.40. The van der Waals surface area contributed by atoms with Crippen molar-refractivity contribution >= 4 is 11.9 Å². The number of nitrogens with two attached hydrogens (primary N) is 1. The first-order valence-corrected chi connectivity index (χ1v) is 6.28. The van der Waals surface area contributed by atoms with Crippen molar-refractivity contribution in [2.24, 2.45) is 5.73 Å². The van der Waals surface area contributed by atoms with Crippen LogP contribution in [0.5, 0.6) is 0 Å². The Morgan fingerprint density at radius 3 is 2.43 bits per heavy atom. The third-order valence-electron chi connectivity index (χ3n) is 3.01. The molecule has 1 aliphatic heterocycles. The van der Waals surface area contributed by atoms with Gasteiger partial charge in [0.25, 0.3) is 0 Å². The molecule has 7 N–H and O–H groups in total. The van der Waals surface area contributed by atoms with E-state index in [4.69, 9.17) is 25.4 Å². The number of ether oxygens (including phenoxy) is 2. The van der Waals surface area contributed by atoms with Crippen LogP contribution in [0, 0.1) is 0 Å². The van der Waals surface area contributed by atoms with Crippen LogP contribution in [-0.4, -0.2) is 82.2 Å². The quantitative estimate of drug-likeness (QED) is 0.275. The van der Waals surface area contributed by atoms with Gasteiger partial charge in [-0.3, -0.25) is 4.79 Å². The fourth-order valence-corrected chi connectivity index (χ4v) is 1.83. The summed E-state index contributed by atoms with van der Waals surface area (Å²) in [5.74, 6) is -1.57. The van der Waals surface area contributed by atoms with E-state index in [2.05, 4.69) is 5.32 Å². The molecule has 1 saturated heterocycles. The van der Waals surface area contributed by atoms with Gasteiger partial charge in [0.05, 0.1) is 19.3 Å². The molecular weight excluding hydrogens is 288 g/mol. The van der Waals surface area contributed by atoms with E-state index < -0.39 is 61.8 Å². The molecule has 1 amide bonds. The van der Waals surface area contributed by atoms with Crippen molar-refractivity contribution in [2.45, 2.75) is 43.6 Å². The van der Waals surface area contributed by atoms with E-state index in [1.807, 2.05) is 0 Å². The highest BCUT2D eigenvalue weighted by atomic mass is 16.7. The minimum atomic E-state index is -1.47. The van der Waals surface area contributed by atoms with Crippen molar-refractivity contribution in [1.29, 1.82) is 0 Å². The molecule has 0 aromatic carbocycles. The number of carbonyl (C=O) groups excluding carboxylic acids is 2. The molecule has 1 rings (SSSR count). The number of aliphatic hydroxyl groups excluding tert-OH is 4. The average molecular weight is 308 g/mol. The van der Waals surface area contributed by atoms with Crippen LogP contribution in [0.3, 0.4) is 0 Å². The van der Waals surface area contributed by atoms with E-state index >= 15 is 0 Å². The van der Waals surface area contributed by atoms with E-state index in [-0.39, 0.29) is 0 Å². The number of amides is 1. The van der Waals surface area contributed by atoms with Gasteiger partial charge in [0.2, 0.25) is 12.2 Å². The van der Waals surface area contributed by atoms with E-state index in [0.717, 1.165) is 6.92 Å². The Morgan fingerprint density at radius 1 is 1.33 bits per heavy atom. The molecule has 21 heavy (non-hydrogen) atoms. The van der Waals surface area contributed by atoms with Gasteiger partial charge in [0.1, 0.15) is 18.3 Å². The Morgan fingerprint density at radius 2 is 1.95 bits per heavy atom. The van der Waals surface area contributed by atoms with Gasteiger partial charge in [-0.25, -0.2) is 4.79 Å². The van der Waals surface area contributed by atoms with Gasteiger partial charge in [-0.2, -0.15) is 0 Å². The molecule has 6 atom stereocenters. The molecule has 1 heterocycles. The van der Waals surface area contributed by atoms with Gasteiger partial charge >= 0.3 is 5.97 Å². The van der Waals surface area contributed by atoms with Crippen LogP contribution in [0.4, 0.5) is 0 Å². The fraction of sp³-hybridized carbons (Fsp3) is 0.818. The van der Waals surface area contributed by atoms with Crippen LogP contribution in [0.1, 0.15) is 6.92 Å². The zero-order chi connectivity index (χ0) is 16.2. The monoisotopic (exact) mass is 308 g/mol. The van der Waals surface area contributed by atoms with Crippen LogP contribution in [-0.2, 0) is 19.1 Å². The fourth-order valence-electron chi connectivity index (χ4n) is 1.83. The second kappa shape index (κ2) is 7.64. The zero-order valence-electron chi connectivity index (χ0n) is 11.4. The molecule has 0 aromatic heterocycles. The molecular formula is C11H20N2O8. The molecule has 10 heteroatoms. The summed E-state index contributed by atoms with van der Waals surface area (Å²) in [6.07, 6.45) is -5.51. The van der Waals surface area contributed by atoms with Crippen molar-refractivity contribution < 1.29 is 39.5 Å². The van der Waals surface area contributed by atoms with Crippen molar-refractivity contribution in [1.82, 2.24) is 5.32 Å². The Balaban J connectivity index is 2.71. The zero-order valence-corrected chi connectivity index (χ0v) is 11.4. The molecule has 122 valence electrons. The first-order valence-electron chi connectivity index (χ1n) is 6.28. The lowest BCUT2D eigenvalue weighted by atomic mass is 9.98. The maximum absolute atomic E-state index is 11.8. The molecule has 1 aliphatic rings. The average Bonchev–Trinajstić information content (AvgIpc) is 2.44. The van der Waals surface area contributed by atoms with Gasteiger partial charge in [0, 0.05) is 6.92 Å². The first-order chi connectivity index (χ1) is 9.81. The molecule has 1 fully saturated rings. The Kier molecular flexibility index (Phi) is 6.45. The third-order valence-corrected chi connectivity index (χ3v) is 3.01. The maximum atomic E-state index is 11.8. The van der Waals surface area contributed by atoms with Crippen LogP contribution in [0.2, 0.25) is 0 Å². The van der Waals surface area contributed by atoms with Crippen LogP contribution in [0.15, 0.2) is 0 Å². The van der Waals surface area contributed by atoms with Crippen LogP contribution in [0.25, 0.3) is 0 Å². The Labute approximate surface area is 120 Å². The summed E-state index contributed by atoms with van der Waals surface area (Å²) in [4.78, 5) is 22.6. The van der Waals surface area contributed by atoms with Gasteiger partial charge in [-0.05, 0) is 0 Å².